The van der Waals surface area contributed by atoms with E-state index in [9.17, 15) is 0 Å². The molecule has 0 aromatic heterocycles. The van der Waals surface area contributed by atoms with Gasteiger partial charge in [0, 0.05) is 0 Å². The first-order chi connectivity index (χ1) is 3.46. The Balaban J connectivity index is 0. The second-order valence-electron chi connectivity index (χ2n) is 3.07. The van der Waals surface area contributed by atoms with Crippen molar-refractivity contribution in [2.24, 2.45) is 0 Å². The first kappa shape index (κ1) is 12.1. The molecule has 0 bridgehead atoms. The summed E-state index contributed by atoms with van der Waals surface area (Å²) >= 11 is -0.722. The molecule has 0 aliphatic carbocycles. The standard InChI is InChI=1S/C3H9P.3CH3.Tl/c1-4(2)3;;;;/h1-3H3;3*1H3;. The summed E-state index contributed by atoms with van der Waals surface area (Å²) in [6.07, 6.45) is 0. The van der Waals surface area contributed by atoms with Crippen molar-refractivity contribution in [3.63, 3.8) is 0 Å². The van der Waals surface area contributed by atoms with Gasteiger partial charge in [0.25, 0.3) is 0 Å². The van der Waals surface area contributed by atoms with E-state index in [0.29, 0.717) is 7.92 Å². The minimum absolute atomic E-state index is 0.380. The van der Waals surface area contributed by atoms with Gasteiger partial charge in [-0.05, 0) is 20.0 Å². The molecule has 0 rings (SSSR count). The van der Waals surface area contributed by atoms with E-state index in [2.05, 4.69) is 33.4 Å². The third-order valence-corrected chi connectivity index (χ3v) is 0. The molecule has 0 aliphatic rings. The van der Waals surface area contributed by atoms with Crippen LogP contribution in [0.15, 0.2) is 0 Å². The fourth-order valence-corrected chi connectivity index (χ4v) is 0. The molecule has 0 atom stereocenters. The Hall–Kier alpha value is 1.35. The van der Waals surface area contributed by atoms with Crippen LogP contribution < -0.4 is 0 Å². The monoisotopic (exact) mass is 326 g/mol. The van der Waals surface area contributed by atoms with Crippen LogP contribution in [-0.2, 0) is 0 Å². The predicted octanol–water partition coefficient (Wildman–Crippen LogP) is 2.73. The SMILES string of the molecule is CP(C)C.[CH3][Tl]([CH3])[CH3]. The van der Waals surface area contributed by atoms with Crippen molar-refractivity contribution in [2.75, 3.05) is 20.0 Å². The molecule has 0 saturated heterocycles. The molecule has 50 valence electrons. The van der Waals surface area contributed by atoms with Crippen LogP contribution in [0.3, 0.4) is 0 Å². The second kappa shape index (κ2) is 8.35. The van der Waals surface area contributed by atoms with E-state index in [0.717, 1.165) is 0 Å². The molecule has 0 radical (unpaired) electrons. The molecule has 0 spiro atoms. The first-order valence-electron chi connectivity index (χ1n) is 3.07. The summed E-state index contributed by atoms with van der Waals surface area (Å²) in [7, 11) is 0.380. The van der Waals surface area contributed by atoms with Gasteiger partial charge < -0.3 is 0 Å². The molecule has 0 fully saturated rings. The molecule has 0 aliphatic heterocycles. The first-order valence-corrected chi connectivity index (χ1v) is 19.2. The van der Waals surface area contributed by atoms with Crippen molar-refractivity contribution in [2.45, 2.75) is 13.4 Å². The Morgan fingerprint density at radius 1 is 0.875 bits per heavy atom. The fourth-order valence-electron chi connectivity index (χ4n) is 0. The van der Waals surface area contributed by atoms with Crippen LogP contribution in [0.5, 0.6) is 0 Å². The van der Waals surface area contributed by atoms with Crippen LogP contribution >= 0.6 is 7.92 Å². The van der Waals surface area contributed by atoms with E-state index in [1.807, 2.05) is 0 Å². The van der Waals surface area contributed by atoms with Crippen molar-refractivity contribution in [3.05, 3.63) is 0 Å². The molecule has 0 nitrogen and oxygen atoms in total. The molecule has 0 amide bonds. The molecule has 0 N–H and O–H groups in total. The average Bonchev–Trinajstić information content (AvgIpc) is 1.25. The summed E-state index contributed by atoms with van der Waals surface area (Å²) in [5.41, 5.74) is 0. The zero-order valence-electron chi connectivity index (χ0n) is 7.02. The minimum atomic E-state index is -0.722. The van der Waals surface area contributed by atoms with Gasteiger partial charge in [-0.15, -0.1) is 7.92 Å². The fraction of sp³-hybridized carbons (Fsp3) is 1.00. The number of hydrogen-bond donors (Lipinski definition) is 0. The molecule has 0 unspecified atom stereocenters. The molecule has 8 heavy (non-hydrogen) atoms. The third kappa shape index (κ3) is 162. The van der Waals surface area contributed by atoms with Crippen molar-refractivity contribution in [1.82, 2.24) is 0 Å². The van der Waals surface area contributed by atoms with Crippen LogP contribution in [-0.4, -0.2) is 42.7 Å². The van der Waals surface area contributed by atoms with Gasteiger partial charge in [0.15, 0.2) is 0 Å². The summed E-state index contributed by atoms with van der Waals surface area (Å²) in [5, 5.41) is 0. The summed E-state index contributed by atoms with van der Waals surface area (Å²) in [6, 6.07) is 0. The Kier molecular flexibility index (Phi) is 12.6. The zero-order valence-corrected chi connectivity index (χ0v) is 12.4. The van der Waals surface area contributed by atoms with Gasteiger partial charge in [0.05, 0.1) is 0 Å². The second-order valence-corrected chi connectivity index (χ2v) is 19.2. The Bertz CT molecular complexity index is 24.0. The molecular formula is C6H18PTl. The van der Waals surface area contributed by atoms with Crippen LogP contribution in [0.4, 0.5) is 0 Å². The maximum absolute atomic E-state index is 2.39. The van der Waals surface area contributed by atoms with Crippen LogP contribution in [0.25, 0.3) is 0 Å². The third-order valence-electron chi connectivity index (χ3n) is 0. The van der Waals surface area contributed by atoms with Crippen LogP contribution in [0, 0.1) is 0 Å². The summed E-state index contributed by atoms with van der Waals surface area (Å²) < 4.78 is 7.17. The quantitative estimate of drug-likeness (QED) is 0.474. The van der Waals surface area contributed by atoms with Gasteiger partial charge in [0.1, 0.15) is 0 Å². The Morgan fingerprint density at radius 2 is 0.875 bits per heavy atom. The maximum atomic E-state index is 2.39. The van der Waals surface area contributed by atoms with Gasteiger partial charge in [-0.3, -0.25) is 0 Å². The number of hydrogen-bond acceptors (Lipinski definition) is 0. The van der Waals surface area contributed by atoms with E-state index in [1.54, 1.807) is 0 Å². The van der Waals surface area contributed by atoms with Gasteiger partial charge in [-0.1, -0.05) is 0 Å². The predicted molar refractivity (Wildman–Crippen MR) is 48.0 cm³/mol. The van der Waals surface area contributed by atoms with Crippen molar-refractivity contribution in [3.8, 4) is 0 Å². The Labute approximate surface area is 63.9 Å². The number of rotatable bonds is 0. The zero-order chi connectivity index (χ0) is 7.15. The molecule has 0 aromatic carbocycles. The Morgan fingerprint density at radius 3 is 0.875 bits per heavy atom. The molecule has 0 aromatic rings. The van der Waals surface area contributed by atoms with Crippen molar-refractivity contribution < 1.29 is 0 Å². The van der Waals surface area contributed by atoms with E-state index in [4.69, 9.17) is 0 Å². The van der Waals surface area contributed by atoms with E-state index < -0.39 is 22.7 Å². The van der Waals surface area contributed by atoms with Crippen LogP contribution in [0.1, 0.15) is 0 Å². The van der Waals surface area contributed by atoms with E-state index in [1.165, 1.54) is 0 Å². The topological polar surface area (TPSA) is 0 Å². The summed E-state index contributed by atoms with van der Waals surface area (Å²) in [4.78, 5) is 0. The molecule has 2 heteroatoms. The molecular weight excluding hydrogens is 307 g/mol. The van der Waals surface area contributed by atoms with Crippen molar-refractivity contribution >= 4 is 30.6 Å². The van der Waals surface area contributed by atoms with Gasteiger partial charge in [-0.2, -0.15) is 0 Å². The normalized spacial score (nSPS) is 7.88. The molecule has 0 heterocycles. The average molecular weight is 326 g/mol. The van der Waals surface area contributed by atoms with Gasteiger partial charge in [0.2, 0.25) is 0 Å². The summed E-state index contributed by atoms with van der Waals surface area (Å²) in [6.45, 7) is 6.69. The molecule has 0 saturated carbocycles. The van der Waals surface area contributed by atoms with Gasteiger partial charge in [-0.25, -0.2) is 0 Å². The van der Waals surface area contributed by atoms with E-state index >= 15 is 0 Å². The van der Waals surface area contributed by atoms with E-state index in [-0.39, 0.29) is 0 Å². The van der Waals surface area contributed by atoms with Crippen molar-refractivity contribution in [1.29, 1.82) is 0 Å². The summed E-state index contributed by atoms with van der Waals surface area (Å²) in [5.74, 6) is 0. The van der Waals surface area contributed by atoms with Gasteiger partial charge >= 0.3 is 36.2 Å². The van der Waals surface area contributed by atoms with Crippen LogP contribution in [0.2, 0.25) is 13.4 Å².